The highest BCUT2D eigenvalue weighted by Gasteiger charge is 2.26. The predicted octanol–water partition coefficient (Wildman–Crippen LogP) is 5.97. The maximum atomic E-state index is 12.3. The van der Waals surface area contributed by atoms with E-state index in [1.165, 1.54) is 5.56 Å². The van der Waals surface area contributed by atoms with Crippen LogP contribution in [0.1, 0.15) is 39.7 Å². The molecule has 0 fully saturated rings. The van der Waals surface area contributed by atoms with Crippen LogP contribution in [0.4, 0.5) is 0 Å². The molecule has 1 aliphatic carbocycles. The van der Waals surface area contributed by atoms with Gasteiger partial charge in [-0.05, 0) is 59.7 Å². The van der Waals surface area contributed by atoms with E-state index in [1.807, 2.05) is 18.3 Å². The van der Waals surface area contributed by atoms with E-state index < -0.39 is 5.97 Å². The number of nitrogens with one attached hydrogen (secondary N) is 2. The van der Waals surface area contributed by atoms with Gasteiger partial charge in [0.15, 0.2) is 0 Å². The molecule has 2 heterocycles. The highest BCUT2D eigenvalue weighted by molar-refractivity contribution is 6.04. The van der Waals surface area contributed by atoms with E-state index in [4.69, 9.17) is 0 Å². The standard InChI is InChI=1S/C25H22N2O2/c1-3-16-22(18-9-5-7-15-6-4-8-17(15)18)24(25(28)29)27-23(16)21-14(2)10-11-20-19(21)12-13-26-20/h4-5,7-13,26-27H,3,6H2,1-2H3,(H,28,29). The van der Waals surface area contributed by atoms with Gasteiger partial charge in [0, 0.05) is 28.2 Å². The lowest BCUT2D eigenvalue weighted by molar-refractivity contribution is 0.0692. The summed E-state index contributed by atoms with van der Waals surface area (Å²) in [5.41, 5.74) is 9.63. The molecule has 0 unspecified atom stereocenters. The summed E-state index contributed by atoms with van der Waals surface area (Å²) < 4.78 is 0. The number of hydrogen-bond donors (Lipinski definition) is 3. The second-order valence-corrected chi connectivity index (χ2v) is 7.57. The number of fused-ring (bicyclic) bond motifs is 2. The van der Waals surface area contributed by atoms with Gasteiger partial charge in [-0.2, -0.15) is 0 Å². The summed E-state index contributed by atoms with van der Waals surface area (Å²) in [4.78, 5) is 18.8. The fraction of sp³-hybridized carbons (Fsp3) is 0.160. The molecule has 4 heteroatoms. The number of benzene rings is 2. The minimum atomic E-state index is -0.931. The van der Waals surface area contributed by atoms with Crippen molar-refractivity contribution < 1.29 is 9.90 Å². The number of aryl methyl sites for hydroxylation is 1. The highest BCUT2D eigenvalue weighted by Crippen LogP contribution is 2.42. The molecule has 0 atom stereocenters. The Labute approximate surface area is 168 Å². The zero-order valence-corrected chi connectivity index (χ0v) is 16.5. The molecule has 29 heavy (non-hydrogen) atoms. The topological polar surface area (TPSA) is 68.9 Å². The quantitative estimate of drug-likeness (QED) is 0.407. The second-order valence-electron chi connectivity index (χ2n) is 7.57. The Morgan fingerprint density at radius 2 is 2.00 bits per heavy atom. The third kappa shape index (κ3) is 2.56. The summed E-state index contributed by atoms with van der Waals surface area (Å²) in [5.74, 6) is -0.931. The Hall–Kier alpha value is -3.53. The number of allylic oxidation sites excluding steroid dienone is 1. The first kappa shape index (κ1) is 17.6. The Balaban J connectivity index is 1.87. The molecule has 3 N–H and O–H groups in total. The number of aromatic carboxylic acids is 1. The van der Waals surface area contributed by atoms with Gasteiger partial charge in [-0.3, -0.25) is 0 Å². The third-order valence-electron chi connectivity index (χ3n) is 5.95. The van der Waals surface area contributed by atoms with Gasteiger partial charge in [0.05, 0.1) is 5.69 Å². The molecular weight excluding hydrogens is 360 g/mol. The number of aromatic amines is 2. The largest absolute Gasteiger partial charge is 0.477 e. The molecule has 0 spiro atoms. The van der Waals surface area contributed by atoms with E-state index in [0.717, 1.165) is 62.8 Å². The van der Waals surface area contributed by atoms with Gasteiger partial charge in [0.25, 0.3) is 0 Å². The summed E-state index contributed by atoms with van der Waals surface area (Å²) >= 11 is 0. The van der Waals surface area contributed by atoms with Gasteiger partial charge < -0.3 is 15.1 Å². The van der Waals surface area contributed by atoms with Crippen molar-refractivity contribution in [3.05, 3.63) is 76.6 Å². The summed E-state index contributed by atoms with van der Waals surface area (Å²) in [6, 6.07) is 12.4. The van der Waals surface area contributed by atoms with Crippen LogP contribution in [0.2, 0.25) is 0 Å². The van der Waals surface area contributed by atoms with Gasteiger partial charge in [-0.1, -0.05) is 43.3 Å². The van der Waals surface area contributed by atoms with Crippen molar-refractivity contribution in [1.82, 2.24) is 9.97 Å². The van der Waals surface area contributed by atoms with Crippen LogP contribution in [0.5, 0.6) is 0 Å². The van der Waals surface area contributed by atoms with Crippen LogP contribution in [0, 0.1) is 6.92 Å². The summed E-state index contributed by atoms with van der Waals surface area (Å²) in [5, 5.41) is 11.1. The van der Waals surface area contributed by atoms with Crippen LogP contribution >= 0.6 is 0 Å². The molecule has 0 saturated heterocycles. The van der Waals surface area contributed by atoms with E-state index >= 15 is 0 Å². The maximum absolute atomic E-state index is 12.3. The number of hydrogen-bond acceptors (Lipinski definition) is 1. The fourth-order valence-electron chi connectivity index (χ4n) is 4.65. The van der Waals surface area contributed by atoms with Gasteiger partial charge in [0.2, 0.25) is 0 Å². The van der Waals surface area contributed by atoms with E-state index in [-0.39, 0.29) is 5.69 Å². The zero-order chi connectivity index (χ0) is 20.1. The molecule has 4 nitrogen and oxygen atoms in total. The minimum absolute atomic E-state index is 0.262. The van der Waals surface area contributed by atoms with Crippen molar-refractivity contribution in [1.29, 1.82) is 0 Å². The first-order valence-corrected chi connectivity index (χ1v) is 9.94. The van der Waals surface area contributed by atoms with Crippen LogP contribution in [0.3, 0.4) is 0 Å². The van der Waals surface area contributed by atoms with Crippen LogP contribution in [0.15, 0.2) is 48.7 Å². The fourth-order valence-corrected chi connectivity index (χ4v) is 4.65. The van der Waals surface area contributed by atoms with Crippen molar-refractivity contribution >= 4 is 22.9 Å². The Morgan fingerprint density at radius 1 is 1.14 bits per heavy atom. The van der Waals surface area contributed by atoms with Crippen LogP contribution in [-0.4, -0.2) is 21.0 Å². The molecule has 0 radical (unpaired) electrons. The molecular formula is C25H22N2O2. The smallest absolute Gasteiger partial charge is 0.352 e. The lowest BCUT2D eigenvalue weighted by Gasteiger charge is -2.12. The van der Waals surface area contributed by atoms with Crippen molar-refractivity contribution in [3.8, 4) is 22.4 Å². The van der Waals surface area contributed by atoms with E-state index in [9.17, 15) is 9.90 Å². The number of rotatable bonds is 4. The monoisotopic (exact) mass is 382 g/mol. The normalized spacial score (nSPS) is 12.6. The van der Waals surface area contributed by atoms with E-state index in [0.29, 0.717) is 0 Å². The van der Waals surface area contributed by atoms with Crippen LogP contribution in [-0.2, 0) is 12.8 Å². The summed E-state index contributed by atoms with van der Waals surface area (Å²) in [6.07, 6.45) is 7.81. The van der Waals surface area contributed by atoms with E-state index in [1.54, 1.807) is 0 Å². The molecule has 0 bridgehead atoms. The number of carbonyl (C=O) groups is 1. The zero-order valence-electron chi connectivity index (χ0n) is 16.5. The Morgan fingerprint density at radius 3 is 2.79 bits per heavy atom. The lowest BCUT2D eigenvalue weighted by Crippen LogP contribution is -2.00. The highest BCUT2D eigenvalue weighted by atomic mass is 16.4. The molecule has 0 aliphatic heterocycles. The van der Waals surface area contributed by atoms with Crippen molar-refractivity contribution in [3.63, 3.8) is 0 Å². The summed E-state index contributed by atoms with van der Waals surface area (Å²) in [6.45, 7) is 4.17. The number of carboxylic acid groups (broad SMARTS) is 1. The van der Waals surface area contributed by atoms with Crippen LogP contribution < -0.4 is 0 Å². The Bertz CT molecular complexity index is 1300. The van der Waals surface area contributed by atoms with Crippen molar-refractivity contribution in [2.45, 2.75) is 26.7 Å². The first-order chi connectivity index (χ1) is 14.1. The molecule has 144 valence electrons. The van der Waals surface area contributed by atoms with Gasteiger partial charge in [-0.25, -0.2) is 4.79 Å². The SMILES string of the molecule is CCc1c(-c2c(C)ccc3[nH]ccc23)[nH]c(C(=O)O)c1-c1cccc2c1C=CC2. The molecule has 2 aromatic heterocycles. The molecule has 0 saturated carbocycles. The van der Waals surface area contributed by atoms with Crippen LogP contribution in [0.25, 0.3) is 39.4 Å². The molecule has 1 aliphatic rings. The third-order valence-corrected chi connectivity index (χ3v) is 5.95. The molecule has 5 rings (SSSR count). The Kier molecular flexibility index (Phi) is 3.95. The maximum Gasteiger partial charge on any atom is 0.352 e. The van der Waals surface area contributed by atoms with Gasteiger partial charge >= 0.3 is 5.97 Å². The average molecular weight is 382 g/mol. The van der Waals surface area contributed by atoms with Crippen molar-refractivity contribution in [2.75, 3.05) is 0 Å². The number of carboxylic acids is 1. The predicted molar refractivity (Wildman–Crippen MR) is 117 cm³/mol. The van der Waals surface area contributed by atoms with Crippen molar-refractivity contribution in [2.24, 2.45) is 0 Å². The lowest BCUT2D eigenvalue weighted by atomic mass is 9.90. The molecule has 4 aromatic rings. The van der Waals surface area contributed by atoms with Gasteiger partial charge in [-0.15, -0.1) is 0 Å². The number of aromatic nitrogens is 2. The van der Waals surface area contributed by atoms with E-state index in [2.05, 4.69) is 60.2 Å². The number of H-pyrrole nitrogens is 2. The molecule has 2 aromatic carbocycles. The molecule has 0 amide bonds. The summed E-state index contributed by atoms with van der Waals surface area (Å²) in [7, 11) is 0. The second kappa shape index (κ2) is 6.52. The average Bonchev–Trinajstić information content (AvgIpc) is 3.44. The van der Waals surface area contributed by atoms with Gasteiger partial charge in [0.1, 0.15) is 5.69 Å². The minimum Gasteiger partial charge on any atom is -0.477 e. The first-order valence-electron chi connectivity index (χ1n) is 9.94.